The van der Waals surface area contributed by atoms with Gasteiger partial charge in [0.15, 0.2) is 0 Å². The first-order chi connectivity index (χ1) is 5.40. The van der Waals surface area contributed by atoms with Gasteiger partial charge in [-0.15, -0.1) is 0 Å². The summed E-state index contributed by atoms with van der Waals surface area (Å²) < 4.78 is 0. The van der Waals surface area contributed by atoms with Gasteiger partial charge in [-0.3, -0.25) is 9.59 Å². The number of rotatable bonds is 2. The van der Waals surface area contributed by atoms with Crippen LogP contribution in [0.4, 0.5) is 0 Å². The Morgan fingerprint density at radius 2 is 1.75 bits per heavy atom. The lowest BCUT2D eigenvalue weighted by Crippen LogP contribution is -2.44. The molecule has 0 radical (unpaired) electrons. The first-order valence-corrected chi connectivity index (χ1v) is 4.26. The molecule has 0 aliphatic heterocycles. The average molecular weight is 169 g/mol. The van der Waals surface area contributed by atoms with Crippen molar-refractivity contribution in [3.63, 3.8) is 0 Å². The van der Waals surface area contributed by atoms with E-state index in [0.717, 1.165) is 12.8 Å². The van der Waals surface area contributed by atoms with Gasteiger partial charge in [-0.05, 0) is 33.6 Å². The monoisotopic (exact) mass is 169 g/mol. The number of amides is 1. The first-order valence-electron chi connectivity index (χ1n) is 4.26. The van der Waals surface area contributed by atoms with Crippen molar-refractivity contribution < 1.29 is 9.59 Å². The summed E-state index contributed by atoms with van der Waals surface area (Å²) in [5.41, 5.74) is -0.304. The average Bonchev–Trinajstić information content (AvgIpc) is 2.62. The predicted molar refractivity (Wildman–Crippen MR) is 45.6 cm³/mol. The molecule has 1 rings (SSSR count). The molecule has 0 spiro atoms. The topological polar surface area (TPSA) is 46.2 Å². The van der Waals surface area contributed by atoms with Crippen LogP contribution in [0.1, 0.15) is 33.6 Å². The van der Waals surface area contributed by atoms with E-state index >= 15 is 0 Å². The number of hydrogen-bond donors (Lipinski definition) is 1. The molecule has 0 saturated heterocycles. The van der Waals surface area contributed by atoms with Crippen LogP contribution in [0.2, 0.25) is 0 Å². The number of ketones is 1. The summed E-state index contributed by atoms with van der Waals surface area (Å²) in [4.78, 5) is 22.4. The van der Waals surface area contributed by atoms with E-state index in [2.05, 4.69) is 5.32 Å². The maximum atomic E-state index is 11.2. The van der Waals surface area contributed by atoms with Gasteiger partial charge in [0.1, 0.15) is 0 Å². The quantitative estimate of drug-likeness (QED) is 0.624. The molecule has 3 nitrogen and oxygen atoms in total. The molecule has 1 amide bonds. The second-order valence-electron chi connectivity index (χ2n) is 4.34. The van der Waals surface area contributed by atoms with Crippen LogP contribution in [-0.4, -0.2) is 17.2 Å². The smallest absolute Gasteiger partial charge is 0.288 e. The van der Waals surface area contributed by atoms with Crippen LogP contribution >= 0.6 is 0 Å². The van der Waals surface area contributed by atoms with Gasteiger partial charge in [0.2, 0.25) is 5.78 Å². The zero-order chi connectivity index (χ0) is 9.35. The Bertz CT molecular complexity index is 211. The molecule has 12 heavy (non-hydrogen) atoms. The molecule has 3 heteroatoms. The van der Waals surface area contributed by atoms with E-state index < -0.39 is 5.91 Å². The molecule has 68 valence electrons. The Balaban J connectivity index is 2.42. The Labute approximate surface area is 72.5 Å². The Morgan fingerprint density at radius 3 is 2.08 bits per heavy atom. The lowest BCUT2D eigenvalue weighted by Gasteiger charge is -2.19. The summed E-state index contributed by atoms with van der Waals surface area (Å²) in [7, 11) is 0. The normalized spacial score (nSPS) is 17.2. The second kappa shape index (κ2) is 2.88. The fourth-order valence-corrected chi connectivity index (χ4v) is 0.933. The van der Waals surface area contributed by atoms with Crippen LogP contribution in [0.5, 0.6) is 0 Å². The predicted octanol–water partition coefficient (Wildman–Crippen LogP) is 0.880. The van der Waals surface area contributed by atoms with Crippen LogP contribution in [-0.2, 0) is 9.59 Å². The molecule has 1 aliphatic carbocycles. The maximum Gasteiger partial charge on any atom is 0.288 e. The molecular weight excluding hydrogens is 154 g/mol. The zero-order valence-electron chi connectivity index (χ0n) is 7.81. The van der Waals surface area contributed by atoms with Gasteiger partial charge in [-0.1, -0.05) is 0 Å². The summed E-state index contributed by atoms with van der Waals surface area (Å²) >= 11 is 0. The number of carbonyl (C=O) groups is 2. The van der Waals surface area contributed by atoms with Crippen LogP contribution < -0.4 is 5.32 Å². The molecule has 0 atom stereocenters. The Kier molecular flexibility index (Phi) is 2.22. The molecule has 0 heterocycles. The molecule has 1 fully saturated rings. The van der Waals surface area contributed by atoms with Crippen molar-refractivity contribution in [2.24, 2.45) is 5.92 Å². The fraction of sp³-hybridized carbons (Fsp3) is 0.778. The molecule has 0 unspecified atom stereocenters. The summed E-state index contributed by atoms with van der Waals surface area (Å²) in [6.45, 7) is 5.60. The summed E-state index contributed by atoms with van der Waals surface area (Å²) in [6.07, 6.45) is 1.77. The van der Waals surface area contributed by atoms with E-state index in [1.807, 2.05) is 20.8 Å². The van der Waals surface area contributed by atoms with Crippen molar-refractivity contribution in [1.29, 1.82) is 0 Å². The van der Waals surface area contributed by atoms with Crippen molar-refractivity contribution in [3.8, 4) is 0 Å². The molecule has 1 aliphatic rings. The summed E-state index contributed by atoms with van der Waals surface area (Å²) in [5, 5.41) is 2.65. The minimum absolute atomic E-state index is 0.0207. The molecule has 0 aromatic heterocycles. The number of nitrogens with one attached hydrogen (secondary N) is 1. The van der Waals surface area contributed by atoms with Crippen molar-refractivity contribution >= 4 is 11.7 Å². The molecule has 1 N–H and O–H groups in total. The summed E-state index contributed by atoms with van der Waals surface area (Å²) in [5.74, 6) is -0.651. The van der Waals surface area contributed by atoms with E-state index in [1.54, 1.807) is 0 Å². The van der Waals surface area contributed by atoms with E-state index in [-0.39, 0.29) is 17.2 Å². The Hall–Kier alpha value is -0.860. The van der Waals surface area contributed by atoms with E-state index in [9.17, 15) is 9.59 Å². The molecule has 1 saturated carbocycles. The van der Waals surface area contributed by atoms with Gasteiger partial charge in [-0.25, -0.2) is 0 Å². The Morgan fingerprint density at radius 1 is 1.25 bits per heavy atom. The highest BCUT2D eigenvalue weighted by molar-refractivity contribution is 6.37. The van der Waals surface area contributed by atoms with Crippen LogP contribution in [0.3, 0.4) is 0 Å². The van der Waals surface area contributed by atoms with Gasteiger partial charge in [0, 0.05) is 11.5 Å². The lowest BCUT2D eigenvalue weighted by atomic mass is 10.1. The first kappa shape index (κ1) is 9.23. The number of Topliss-reactive ketones (excluding diaryl/α,β-unsaturated/α-hetero) is 1. The van der Waals surface area contributed by atoms with Crippen molar-refractivity contribution in [2.45, 2.75) is 39.2 Å². The standard InChI is InChI=1S/C9H15NO2/c1-9(2,3)10-8(12)7(11)6-4-5-6/h6H,4-5H2,1-3H3,(H,10,12). The highest BCUT2D eigenvalue weighted by Gasteiger charge is 2.35. The third-order valence-electron chi connectivity index (χ3n) is 1.66. The van der Waals surface area contributed by atoms with E-state index in [1.165, 1.54) is 0 Å². The second-order valence-corrected chi connectivity index (χ2v) is 4.34. The minimum Gasteiger partial charge on any atom is -0.345 e. The minimum atomic E-state index is -0.426. The maximum absolute atomic E-state index is 11.2. The molecule has 0 aromatic rings. The van der Waals surface area contributed by atoms with Gasteiger partial charge in [0.05, 0.1) is 0 Å². The van der Waals surface area contributed by atoms with Crippen molar-refractivity contribution in [2.75, 3.05) is 0 Å². The highest BCUT2D eigenvalue weighted by Crippen LogP contribution is 2.29. The van der Waals surface area contributed by atoms with Crippen LogP contribution in [0, 0.1) is 5.92 Å². The SMILES string of the molecule is CC(C)(C)NC(=O)C(=O)C1CC1. The lowest BCUT2D eigenvalue weighted by molar-refractivity contribution is -0.139. The molecule has 0 bridgehead atoms. The third kappa shape index (κ3) is 2.64. The van der Waals surface area contributed by atoms with Crippen molar-refractivity contribution in [1.82, 2.24) is 5.32 Å². The van der Waals surface area contributed by atoms with Crippen molar-refractivity contribution in [3.05, 3.63) is 0 Å². The van der Waals surface area contributed by atoms with Gasteiger partial charge in [0.25, 0.3) is 5.91 Å². The van der Waals surface area contributed by atoms with Crippen LogP contribution in [0.15, 0.2) is 0 Å². The molecule has 0 aromatic carbocycles. The number of carbonyl (C=O) groups excluding carboxylic acids is 2. The van der Waals surface area contributed by atoms with E-state index in [0.29, 0.717) is 0 Å². The van der Waals surface area contributed by atoms with Gasteiger partial charge in [-0.2, -0.15) is 0 Å². The third-order valence-corrected chi connectivity index (χ3v) is 1.66. The largest absolute Gasteiger partial charge is 0.345 e. The van der Waals surface area contributed by atoms with Gasteiger partial charge < -0.3 is 5.32 Å². The number of hydrogen-bond acceptors (Lipinski definition) is 2. The van der Waals surface area contributed by atoms with E-state index in [4.69, 9.17) is 0 Å². The highest BCUT2D eigenvalue weighted by atomic mass is 16.2. The van der Waals surface area contributed by atoms with Crippen LogP contribution in [0.25, 0.3) is 0 Å². The fourth-order valence-electron chi connectivity index (χ4n) is 0.933. The zero-order valence-corrected chi connectivity index (χ0v) is 7.81. The molecular formula is C9H15NO2. The van der Waals surface area contributed by atoms with Gasteiger partial charge >= 0.3 is 0 Å². The summed E-state index contributed by atoms with van der Waals surface area (Å²) in [6, 6.07) is 0.